The lowest BCUT2D eigenvalue weighted by Gasteiger charge is -2.20. The number of aryl methyl sites for hydroxylation is 1. The predicted octanol–water partition coefficient (Wildman–Crippen LogP) is 2.56. The second-order valence-electron chi connectivity index (χ2n) is 6.01. The molecule has 1 heterocycles. The van der Waals surface area contributed by atoms with Crippen LogP contribution in [0.3, 0.4) is 0 Å². The first-order valence-corrected chi connectivity index (χ1v) is 7.59. The maximum absolute atomic E-state index is 12.4. The summed E-state index contributed by atoms with van der Waals surface area (Å²) in [4.78, 5) is 14.4. The molecule has 0 aromatic heterocycles. The van der Waals surface area contributed by atoms with Crippen molar-refractivity contribution in [3.8, 4) is 0 Å². The Morgan fingerprint density at radius 2 is 2.20 bits per heavy atom. The van der Waals surface area contributed by atoms with Crippen molar-refractivity contribution < 1.29 is 4.79 Å². The fourth-order valence-electron chi connectivity index (χ4n) is 3.16. The van der Waals surface area contributed by atoms with Gasteiger partial charge in [0.2, 0.25) is 5.91 Å². The van der Waals surface area contributed by atoms with Crippen LogP contribution in [0.15, 0.2) is 24.3 Å². The summed E-state index contributed by atoms with van der Waals surface area (Å²) in [7, 11) is 1.98. The van der Waals surface area contributed by atoms with Gasteiger partial charge in [-0.05, 0) is 49.9 Å². The number of amides is 1. The van der Waals surface area contributed by atoms with Gasteiger partial charge in [-0.15, -0.1) is 0 Å². The molecular weight excluding hydrogens is 248 g/mol. The monoisotopic (exact) mass is 274 g/mol. The molecule has 1 aromatic rings. The van der Waals surface area contributed by atoms with Crippen molar-refractivity contribution in [3.05, 3.63) is 35.4 Å². The average molecular weight is 274 g/mol. The summed E-state index contributed by atoms with van der Waals surface area (Å²) < 4.78 is 0. The number of rotatable bonds is 5. The van der Waals surface area contributed by atoms with Crippen molar-refractivity contribution in [2.24, 2.45) is 5.92 Å². The van der Waals surface area contributed by atoms with E-state index in [-0.39, 0.29) is 0 Å². The summed E-state index contributed by atoms with van der Waals surface area (Å²) in [6.45, 7) is 7.12. The number of carbonyl (C=O) groups is 1. The summed E-state index contributed by atoms with van der Waals surface area (Å²) in [5.41, 5.74) is 2.58. The van der Waals surface area contributed by atoms with Crippen molar-refractivity contribution in [1.29, 1.82) is 0 Å². The number of hydrogen-bond donors (Lipinski definition) is 1. The van der Waals surface area contributed by atoms with Crippen LogP contribution in [-0.2, 0) is 4.79 Å². The highest BCUT2D eigenvalue weighted by atomic mass is 16.2. The molecule has 3 nitrogen and oxygen atoms in total. The molecule has 2 rings (SSSR count). The molecule has 1 amide bonds. The van der Waals surface area contributed by atoms with Gasteiger partial charge in [0.05, 0.1) is 0 Å². The van der Waals surface area contributed by atoms with Gasteiger partial charge in [0.25, 0.3) is 0 Å². The maximum Gasteiger partial charge on any atom is 0.223 e. The van der Waals surface area contributed by atoms with Crippen LogP contribution < -0.4 is 5.32 Å². The van der Waals surface area contributed by atoms with E-state index in [1.807, 2.05) is 11.9 Å². The predicted molar refractivity (Wildman–Crippen MR) is 82.8 cm³/mol. The summed E-state index contributed by atoms with van der Waals surface area (Å²) in [5.74, 6) is 1.23. The van der Waals surface area contributed by atoms with Gasteiger partial charge >= 0.3 is 0 Å². The van der Waals surface area contributed by atoms with Crippen LogP contribution in [0.25, 0.3) is 0 Å². The third kappa shape index (κ3) is 3.60. The fraction of sp³-hybridized carbons (Fsp3) is 0.588. The molecule has 2 atom stereocenters. The molecule has 110 valence electrons. The van der Waals surface area contributed by atoms with Crippen molar-refractivity contribution in [3.63, 3.8) is 0 Å². The molecule has 1 aliphatic rings. The number of nitrogens with one attached hydrogen (secondary N) is 1. The Bertz CT molecular complexity index is 458. The molecule has 0 aliphatic carbocycles. The highest BCUT2D eigenvalue weighted by molar-refractivity contribution is 5.77. The molecular formula is C17H26N2O. The largest absolute Gasteiger partial charge is 0.342 e. The van der Waals surface area contributed by atoms with Crippen LogP contribution in [0, 0.1) is 12.8 Å². The lowest BCUT2D eigenvalue weighted by Crippen LogP contribution is -2.31. The van der Waals surface area contributed by atoms with E-state index in [0.29, 0.717) is 24.2 Å². The number of nitrogens with zero attached hydrogens (tertiary/aromatic N) is 1. The van der Waals surface area contributed by atoms with E-state index < -0.39 is 0 Å². The first-order chi connectivity index (χ1) is 9.61. The third-order valence-electron chi connectivity index (χ3n) is 4.33. The molecule has 3 heteroatoms. The molecule has 0 unspecified atom stereocenters. The Kier molecular flexibility index (Phi) is 5.18. The second-order valence-corrected chi connectivity index (χ2v) is 6.01. The SMILES string of the molecule is CNC[C@H]1CCN(C(=O)C[C@H](C)c2ccccc2C)C1. The molecule has 0 radical (unpaired) electrons. The van der Waals surface area contributed by atoms with E-state index in [0.717, 1.165) is 26.1 Å². The zero-order chi connectivity index (χ0) is 14.5. The van der Waals surface area contributed by atoms with Crippen LogP contribution in [-0.4, -0.2) is 37.5 Å². The minimum Gasteiger partial charge on any atom is -0.342 e. The standard InChI is InChI=1S/C17H26N2O/c1-13-6-4-5-7-16(13)14(2)10-17(20)19-9-8-15(12-19)11-18-3/h4-7,14-15,18H,8-12H2,1-3H3/t14-,15+/m0/s1. The van der Waals surface area contributed by atoms with Gasteiger partial charge in [0.15, 0.2) is 0 Å². The zero-order valence-electron chi connectivity index (χ0n) is 12.9. The lowest BCUT2D eigenvalue weighted by atomic mass is 9.93. The second kappa shape index (κ2) is 6.89. The van der Waals surface area contributed by atoms with E-state index >= 15 is 0 Å². The summed E-state index contributed by atoms with van der Waals surface area (Å²) >= 11 is 0. The van der Waals surface area contributed by atoms with Gasteiger partial charge in [-0.2, -0.15) is 0 Å². The van der Waals surface area contributed by atoms with Crippen LogP contribution in [0.1, 0.15) is 36.8 Å². The van der Waals surface area contributed by atoms with Gasteiger partial charge in [0, 0.05) is 19.5 Å². The van der Waals surface area contributed by atoms with Gasteiger partial charge in [0.1, 0.15) is 0 Å². The Morgan fingerprint density at radius 1 is 1.45 bits per heavy atom. The highest BCUT2D eigenvalue weighted by Gasteiger charge is 2.26. The molecule has 1 aromatic carbocycles. The van der Waals surface area contributed by atoms with E-state index in [1.54, 1.807) is 0 Å². The van der Waals surface area contributed by atoms with E-state index in [1.165, 1.54) is 11.1 Å². The minimum absolute atomic E-state index is 0.298. The zero-order valence-corrected chi connectivity index (χ0v) is 12.9. The molecule has 0 bridgehead atoms. The lowest BCUT2D eigenvalue weighted by molar-refractivity contribution is -0.130. The van der Waals surface area contributed by atoms with Crippen LogP contribution >= 0.6 is 0 Å². The minimum atomic E-state index is 0.298. The highest BCUT2D eigenvalue weighted by Crippen LogP contribution is 2.25. The molecule has 1 saturated heterocycles. The van der Waals surface area contributed by atoms with Crippen LogP contribution in [0.5, 0.6) is 0 Å². The Balaban J connectivity index is 1.90. The van der Waals surface area contributed by atoms with Gasteiger partial charge in [-0.3, -0.25) is 4.79 Å². The number of benzene rings is 1. The fourth-order valence-corrected chi connectivity index (χ4v) is 3.16. The quantitative estimate of drug-likeness (QED) is 0.895. The van der Waals surface area contributed by atoms with Crippen molar-refractivity contribution in [1.82, 2.24) is 10.2 Å². The molecule has 20 heavy (non-hydrogen) atoms. The van der Waals surface area contributed by atoms with Gasteiger partial charge < -0.3 is 10.2 Å². The number of likely N-dealkylation sites (tertiary alicyclic amines) is 1. The topological polar surface area (TPSA) is 32.3 Å². The average Bonchev–Trinajstić information content (AvgIpc) is 2.88. The van der Waals surface area contributed by atoms with Crippen molar-refractivity contribution in [2.45, 2.75) is 32.6 Å². The molecule has 0 saturated carbocycles. The summed E-state index contributed by atoms with van der Waals surface area (Å²) in [6, 6.07) is 8.37. The Labute approximate surface area is 122 Å². The maximum atomic E-state index is 12.4. The van der Waals surface area contributed by atoms with Gasteiger partial charge in [-0.1, -0.05) is 31.2 Å². The normalized spacial score (nSPS) is 20.1. The van der Waals surface area contributed by atoms with Crippen molar-refractivity contribution >= 4 is 5.91 Å². The third-order valence-corrected chi connectivity index (χ3v) is 4.33. The molecule has 1 fully saturated rings. The van der Waals surface area contributed by atoms with E-state index in [9.17, 15) is 4.79 Å². The van der Waals surface area contributed by atoms with E-state index in [2.05, 4.69) is 43.4 Å². The molecule has 0 spiro atoms. The van der Waals surface area contributed by atoms with Crippen LogP contribution in [0.4, 0.5) is 0 Å². The first-order valence-electron chi connectivity index (χ1n) is 7.59. The number of hydrogen-bond acceptors (Lipinski definition) is 2. The molecule has 1 aliphatic heterocycles. The first kappa shape index (κ1) is 15.0. The number of carbonyl (C=O) groups excluding carboxylic acids is 1. The van der Waals surface area contributed by atoms with Crippen molar-refractivity contribution in [2.75, 3.05) is 26.7 Å². The summed E-state index contributed by atoms with van der Waals surface area (Å²) in [5, 5.41) is 3.21. The van der Waals surface area contributed by atoms with E-state index in [4.69, 9.17) is 0 Å². The van der Waals surface area contributed by atoms with Crippen LogP contribution in [0.2, 0.25) is 0 Å². The summed E-state index contributed by atoms with van der Waals surface area (Å²) in [6.07, 6.45) is 1.75. The Hall–Kier alpha value is -1.35. The smallest absolute Gasteiger partial charge is 0.223 e. The Morgan fingerprint density at radius 3 is 2.90 bits per heavy atom. The van der Waals surface area contributed by atoms with Gasteiger partial charge in [-0.25, -0.2) is 0 Å². The molecule has 1 N–H and O–H groups in total.